The van der Waals surface area contributed by atoms with E-state index in [2.05, 4.69) is 15.9 Å². The van der Waals surface area contributed by atoms with Crippen LogP contribution in [-0.4, -0.2) is 35.4 Å². The molecule has 1 saturated heterocycles. The fourth-order valence-electron chi connectivity index (χ4n) is 1.81. The average molecular weight is 372 g/mol. The fourth-order valence-corrected chi connectivity index (χ4v) is 3.53. The van der Waals surface area contributed by atoms with E-state index in [9.17, 15) is 4.79 Å². The fraction of sp³-hybridized carbons (Fsp3) is 0.286. The Balaban J connectivity index is 2.11. The number of rotatable bonds is 5. The van der Waals surface area contributed by atoms with Gasteiger partial charge in [0, 0.05) is 24.7 Å². The number of amides is 1. The van der Waals surface area contributed by atoms with Crippen molar-refractivity contribution in [3.8, 4) is 0 Å². The maximum absolute atomic E-state index is 12.3. The third-order valence-electron chi connectivity index (χ3n) is 2.75. The molecule has 1 amide bonds. The lowest BCUT2D eigenvalue weighted by molar-refractivity contribution is -0.122. The number of carbonyl (C=O) groups is 1. The van der Waals surface area contributed by atoms with Crippen LogP contribution in [0.4, 0.5) is 0 Å². The molecular weight excluding hydrogens is 358 g/mol. The van der Waals surface area contributed by atoms with Crippen LogP contribution in [0.15, 0.2) is 33.6 Å². The molecule has 1 aliphatic rings. The zero-order valence-corrected chi connectivity index (χ0v) is 14.2. The number of thiocarbonyl (C=S) groups is 1. The second kappa shape index (κ2) is 7.36. The first-order valence-electron chi connectivity index (χ1n) is 6.11. The van der Waals surface area contributed by atoms with Gasteiger partial charge >= 0.3 is 0 Å². The number of thioether (sulfide) groups is 1. The standard InChI is InChI=1S/C14H14BrNO2S2/c1-18-7-3-6-16-13(17)12(20-14(16)19)9-10-4-2-5-11(15)8-10/h2,4-5,8-9H,3,6-7H2,1H3/b12-9+. The molecule has 1 aromatic rings. The summed E-state index contributed by atoms with van der Waals surface area (Å²) in [5.41, 5.74) is 0.983. The molecule has 106 valence electrons. The SMILES string of the molecule is COCCCN1C(=O)/C(=C\c2cccc(Br)c2)SC1=S. The summed E-state index contributed by atoms with van der Waals surface area (Å²) in [5, 5.41) is 0. The van der Waals surface area contributed by atoms with Gasteiger partial charge in [-0.15, -0.1) is 0 Å². The molecule has 2 rings (SSSR count). The third-order valence-corrected chi connectivity index (χ3v) is 4.62. The lowest BCUT2D eigenvalue weighted by Gasteiger charge is -2.13. The van der Waals surface area contributed by atoms with Crippen LogP contribution < -0.4 is 0 Å². The summed E-state index contributed by atoms with van der Waals surface area (Å²) >= 11 is 10.0. The first-order chi connectivity index (χ1) is 9.61. The summed E-state index contributed by atoms with van der Waals surface area (Å²) in [4.78, 5) is 14.6. The van der Waals surface area contributed by atoms with E-state index >= 15 is 0 Å². The number of hydrogen-bond acceptors (Lipinski definition) is 4. The molecule has 0 atom stereocenters. The predicted molar refractivity (Wildman–Crippen MR) is 90.5 cm³/mol. The third kappa shape index (κ3) is 3.91. The van der Waals surface area contributed by atoms with E-state index in [0.717, 1.165) is 16.5 Å². The normalized spacial score (nSPS) is 17.3. The Kier molecular flexibility index (Phi) is 5.77. The molecular formula is C14H14BrNO2S2. The molecule has 20 heavy (non-hydrogen) atoms. The summed E-state index contributed by atoms with van der Waals surface area (Å²) in [6.45, 7) is 1.23. The number of carbonyl (C=O) groups excluding carboxylic acids is 1. The molecule has 6 heteroatoms. The van der Waals surface area contributed by atoms with Gasteiger partial charge in [0.2, 0.25) is 0 Å². The minimum atomic E-state index is -0.0175. The van der Waals surface area contributed by atoms with Crippen molar-refractivity contribution in [2.75, 3.05) is 20.3 Å². The number of hydrogen-bond donors (Lipinski definition) is 0. The molecule has 1 aliphatic heterocycles. The molecule has 0 unspecified atom stereocenters. The zero-order valence-electron chi connectivity index (χ0n) is 11.0. The van der Waals surface area contributed by atoms with E-state index in [-0.39, 0.29) is 5.91 Å². The van der Waals surface area contributed by atoms with Gasteiger partial charge in [-0.25, -0.2) is 0 Å². The van der Waals surface area contributed by atoms with Crippen molar-refractivity contribution in [2.45, 2.75) is 6.42 Å². The van der Waals surface area contributed by atoms with Crippen LogP contribution in [0.5, 0.6) is 0 Å². The van der Waals surface area contributed by atoms with Gasteiger partial charge in [0.1, 0.15) is 4.32 Å². The average Bonchev–Trinajstić information content (AvgIpc) is 2.66. The van der Waals surface area contributed by atoms with E-state index in [4.69, 9.17) is 17.0 Å². The van der Waals surface area contributed by atoms with Gasteiger partial charge in [-0.1, -0.05) is 52.0 Å². The van der Waals surface area contributed by atoms with Crippen LogP contribution in [0.3, 0.4) is 0 Å². The number of ether oxygens (including phenoxy) is 1. The Morgan fingerprint density at radius 3 is 3.00 bits per heavy atom. The molecule has 3 nitrogen and oxygen atoms in total. The second-order valence-electron chi connectivity index (χ2n) is 4.23. The minimum absolute atomic E-state index is 0.0175. The molecule has 0 aromatic heterocycles. The van der Waals surface area contributed by atoms with Crippen LogP contribution in [0.2, 0.25) is 0 Å². The number of nitrogens with zero attached hydrogens (tertiary/aromatic N) is 1. The quantitative estimate of drug-likeness (QED) is 0.448. The van der Waals surface area contributed by atoms with Gasteiger partial charge in [-0.05, 0) is 30.2 Å². The second-order valence-corrected chi connectivity index (χ2v) is 6.83. The van der Waals surface area contributed by atoms with Crippen molar-refractivity contribution in [3.63, 3.8) is 0 Å². The molecule has 0 spiro atoms. The summed E-state index contributed by atoms with van der Waals surface area (Å²) in [5.74, 6) is -0.0175. The van der Waals surface area contributed by atoms with Crippen molar-refractivity contribution in [1.82, 2.24) is 4.90 Å². The van der Waals surface area contributed by atoms with Crippen molar-refractivity contribution >= 4 is 56.2 Å². The predicted octanol–water partition coefficient (Wildman–Crippen LogP) is 3.69. The van der Waals surface area contributed by atoms with Gasteiger partial charge in [0.05, 0.1) is 4.91 Å². The van der Waals surface area contributed by atoms with Crippen LogP contribution >= 0.6 is 39.9 Å². The van der Waals surface area contributed by atoms with E-state index in [1.807, 2.05) is 30.3 Å². The van der Waals surface area contributed by atoms with Gasteiger partial charge < -0.3 is 4.74 Å². The molecule has 0 bridgehead atoms. The summed E-state index contributed by atoms with van der Waals surface area (Å²) in [6, 6.07) is 7.82. The monoisotopic (exact) mass is 371 g/mol. The molecule has 1 fully saturated rings. The van der Waals surface area contributed by atoms with Crippen LogP contribution in [-0.2, 0) is 9.53 Å². The summed E-state index contributed by atoms with van der Waals surface area (Å²) in [7, 11) is 1.65. The Morgan fingerprint density at radius 2 is 2.30 bits per heavy atom. The molecule has 1 aromatic carbocycles. The zero-order chi connectivity index (χ0) is 14.5. The molecule has 1 heterocycles. The Bertz CT molecular complexity index is 560. The highest BCUT2D eigenvalue weighted by molar-refractivity contribution is 9.10. The molecule has 0 radical (unpaired) electrons. The van der Waals surface area contributed by atoms with Crippen molar-refractivity contribution in [2.24, 2.45) is 0 Å². The highest BCUT2D eigenvalue weighted by Gasteiger charge is 2.31. The van der Waals surface area contributed by atoms with Crippen LogP contribution in [0, 0.1) is 0 Å². The topological polar surface area (TPSA) is 29.5 Å². The van der Waals surface area contributed by atoms with Gasteiger partial charge in [-0.3, -0.25) is 9.69 Å². The summed E-state index contributed by atoms with van der Waals surface area (Å²) < 4.78 is 6.61. The van der Waals surface area contributed by atoms with Gasteiger partial charge in [0.25, 0.3) is 5.91 Å². The number of benzene rings is 1. The highest BCUT2D eigenvalue weighted by Crippen LogP contribution is 2.32. The maximum atomic E-state index is 12.3. The Hall–Kier alpha value is -0.690. The van der Waals surface area contributed by atoms with Gasteiger partial charge in [0.15, 0.2) is 0 Å². The molecule has 0 aliphatic carbocycles. The van der Waals surface area contributed by atoms with E-state index < -0.39 is 0 Å². The lowest BCUT2D eigenvalue weighted by Crippen LogP contribution is -2.29. The largest absolute Gasteiger partial charge is 0.385 e. The van der Waals surface area contributed by atoms with Crippen LogP contribution in [0.1, 0.15) is 12.0 Å². The molecule has 0 N–H and O–H groups in total. The van der Waals surface area contributed by atoms with Crippen molar-refractivity contribution < 1.29 is 9.53 Å². The maximum Gasteiger partial charge on any atom is 0.266 e. The first kappa shape index (κ1) is 15.7. The number of methoxy groups -OCH3 is 1. The van der Waals surface area contributed by atoms with E-state index in [1.165, 1.54) is 11.8 Å². The van der Waals surface area contributed by atoms with Crippen LogP contribution in [0.25, 0.3) is 6.08 Å². The lowest BCUT2D eigenvalue weighted by atomic mass is 10.2. The van der Waals surface area contributed by atoms with Crippen molar-refractivity contribution in [3.05, 3.63) is 39.2 Å². The summed E-state index contributed by atoms with van der Waals surface area (Å²) in [6.07, 6.45) is 2.66. The molecule has 0 saturated carbocycles. The smallest absolute Gasteiger partial charge is 0.266 e. The first-order valence-corrected chi connectivity index (χ1v) is 8.13. The number of halogens is 1. The van der Waals surface area contributed by atoms with E-state index in [0.29, 0.717) is 22.4 Å². The van der Waals surface area contributed by atoms with Gasteiger partial charge in [-0.2, -0.15) is 0 Å². The highest BCUT2D eigenvalue weighted by atomic mass is 79.9. The van der Waals surface area contributed by atoms with E-state index in [1.54, 1.807) is 12.0 Å². The minimum Gasteiger partial charge on any atom is -0.385 e. The Labute approximate surface area is 136 Å². The van der Waals surface area contributed by atoms with Crippen molar-refractivity contribution in [1.29, 1.82) is 0 Å². The Morgan fingerprint density at radius 1 is 1.50 bits per heavy atom.